The summed E-state index contributed by atoms with van der Waals surface area (Å²) in [5.41, 5.74) is 4.00. The molecule has 9 nitrogen and oxygen atoms in total. The van der Waals surface area contributed by atoms with Gasteiger partial charge in [-0.1, -0.05) is 24.3 Å². The number of methoxy groups -OCH3 is 1. The second-order valence-electron chi connectivity index (χ2n) is 11.7. The molecule has 6 rings (SSSR count). The van der Waals surface area contributed by atoms with Crippen LogP contribution in [0, 0.1) is 5.82 Å². The number of anilines is 2. The van der Waals surface area contributed by atoms with Crippen LogP contribution in [0.2, 0.25) is 0 Å². The molecular weight excluding hydrogens is 642 g/mol. The predicted molar refractivity (Wildman–Crippen MR) is 178 cm³/mol. The predicted octanol–water partition coefficient (Wildman–Crippen LogP) is 6.52. The minimum Gasteiger partial charge on any atom is -0.497 e. The fraction of sp³-hybridized carbons (Fsp3) is 0.306. The maximum atomic E-state index is 13.9. The van der Waals surface area contributed by atoms with Gasteiger partial charge in [-0.3, -0.25) is 9.59 Å². The zero-order valence-electron chi connectivity index (χ0n) is 26.8. The minimum absolute atomic E-state index is 0.00475. The molecule has 4 N–H and O–H groups in total. The van der Waals surface area contributed by atoms with Crippen molar-refractivity contribution in [3.63, 3.8) is 0 Å². The van der Waals surface area contributed by atoms with Crippen molar-refractivity contribution in [2.24, 2.45) is 0 Å². The highest BCUT2D eigenvalue weighted by atomic mass is 19.4. The minimum atomic E-state index is -4.43. The number of halogens is 4. The number of nitrogens with one attached hydrogen (secondary N) is 4. The molecule has 2 fully saturated rings. The Hall–Kier alpha value is -5.01. The standard InChI is InChI=1S/C18H18F3N3O2.C18H19FN2O2/c19-18(20,21)11-26-16-6-3-14(10-23-16)17(25)24-15-4-1-12(2-5-15)13-7-8-22-9-13;1-23-15-6-7-16(17(19)10-15)18(22)21-14-4-2-12(3-5-14)13-8-9-20-11-13/h1-6,10,13,22H,7-9,11H2,(H,24,25);2-7,10,13,20H,8-9,11H2,1H3,(H,21,22). The number of nitrogens with zero attached hydrogens (tertiary/aromatic N) is 1. The summed E-state index contributed by atoms with van der Waals surface area (Å²) >= 11 is 0. The lowest BCUT2D eigenvalue weighted by Crippen LogP contribution is -2.19. The summed E-state index contributed by atoms with van der Waals surface area (Å²) in [6.45, 7) is 2.58. The third kappa shape index (κ3) is 10.2. The monoisotopic (exact) mass is 679 g/mol. The number of hydrogen-bond acceptors (Lipinski definition) is 7. The van der Waals surface area contributed by atoms with Gasteiger partial charge in [-0.25, -0.2) is 9.37 Å². The second kappa shape index (κ2) is 16.4. The lowest BCUT2D eigenvalue weighted by Gasteiger charge is -2.11. The van der Waals surface area contributed by atoms with Crippen LogP contribution in [0.3, 0.4) is 0 Å². The fourth-order valence-corrected chi connectivity index (χ4v) is 5.52. The van der Waals surface area contributed by atoms with Crippen LogP contribution in [-0.4, -0.2) is 62.9 Å². The average Bonchev–Trinajstić information content (AvgIpc) is 3.84. The van der Waals surface area contributed by atoms with E-state index < -0.39 is 30.4 Å². The van der Waals surface area contributed by atoms with Gasteiger partial charge in [-0.15, -0.1) is 0 Å². The smallest absolute Gasteiger partial charge is 0.422 e. The summed E-state index contributed by atoms with van der Waals surface area (Å²) in [6.07, 6.45) is -1.03. The summed E-state index contributed by atoms with van der Waals surface area (Å²) in [6, 6.07) is 22.2. The number of hydrogen-bond donors (Lipinski definition) is 4. The van der Waals surface area contributed by atoms with E-state index in [1.807, 2.05) is 48.5 Å². The van der Waals surface area contributed by atoms with E-state index >= 15 is 0 Å². The van der Waals surface area contributed by atoms with E-state index in [9.17, 15) is 27.2 Å². The van der Waals surface area contributed by atoms with Crippen LogP contribution >= 0.6 is 0 Å². The maximum Gasteiger partial charge on any atom is 0.422 e. The van der Waals surface area contributed by atoms with Gasteiger partial charge in [0, 0.05) is 42.8 Å². The number of pyridine rings is 1. The topological polar surface area (TPSA) is 114 Å². The van der Waals surface area contributed by atoms with Gasteiger partial charge < -0.3 is 30.7 Å². The Morgan fingerprint density at radius 3 is 1.84 bits per heavy atom. The first kappa shape index (κ1) is 35.3. The Morgan fingerprint density at radius 2 is 1.39 bits per heavy atom. The molecule has 0 aliphatic carbocycles. The van der Waals surface area contributed by atoms with Gasteiger partial charge >= 0.3 is 6.18 Å². The molecule has 258 valence electrons. The van der Waals surface area contributed by atoms with Gasteiger partial charge in [0.25, 0.3) is 11.8 Å². The first-order valence-corrected chi connectivity index (χ1v) is 15.8. The van der Waals surface area contributed by atoms with E-state index in [4.69, 9.17) is 4.74 Å². The van der Waals surface area contributed by atoms with Crippen molar-refractivity contribution in [1.82, 2.24) is 15.6 Å². The highest BCUT2D eigenvalue weighted by Gasteiger charge is 2.28. The quantitative estimate of drug-likeness (QED) is 0.149. The molecule has 3 aromatic carbocycles. The molecule has 2 unspecified atom stereocenters. The number of alkyl halides is 3. The highest BCUT2D eigenvalue weighted by molar-refractivity contribution is 6.05. The number of benzene rings is 3. The number of rotatable bonds is 9. The second-order valence-corrected chi connectivity index (χ2v) is 11.7. The summed E-state index contributed by atoms with van der Waals surface area (Å²) in [5.74, 6) is -0.250. The Kier molecular flexibility index (Phi) is 11.8. The normalized spacial score (nSPS) is 17.1. The summed E-state index contributed by atoms with van der Waals surface area (Å²) < 4.78 is 59.6. The Bertz CT molecular complexity index is 1690. The van der Waals surface area contributed by atoms with Crippen molar-refractivity contribution < 1.29 is 36.6 Å². The van der Waals surface area contributed by atoms with Crippen LogP contribution in [0.4, 0.5) is 28.9 Å². The molecule has 4 aromatic rings. The summed E-state index contributed by atoms with van der Waals surface area (Å²) in [5, 5.41) is 12.1. The van der Waals surface area contributed by atoms with Crippen molar-refractivity contribution in [2.45, 2.75) is 30.9 Å². The lowest BCUT2D eigenvalue weighted by atomic mass is 9.98. The highest BCUT2D eigenvalue weighted by Crippen LogP contribution is 2.26. The van der Waals surface area contributed by atoms with Gasteiger partial charge in [-0.2, -0.15) is 13.2 Å². The van der Waals surface area contributed by atoms with Crippen LogP contribution in [0.25, 0.3) is 0 Å². The van der Waals surface area contributed by atoms with E-state index in [1.165, 1.54) is 48.7 Å². The first-order chi connectivity index (χ1) is 23.6. The molecule has 0 radical (unpaired) electrons. The molecule has 2 amide bonds. The third-order valence-electron chi connectivity index (χ3n) is 8.20. The number of amides is 2. The molecule has 0 saturated carbocycles. The van der Waals surface area contributed by atoms with Crippen LogP contribution < -0.4 is 30.7 Å². The van der Waals surface area contributed by atoms with Gasteiger partial charge in [-0.05, 0) is 91.4 Å². The molecule has 2 saturated heterocycles. The number of carbonyl (C=O) groups excluding carboxylic acids is 2. The summed E-state index contributed by atoms with van der Waals surface area (Å²) in [7, 11) is 1.45. The fourth-order valence-electron chi connectivity index (χ4n) is 5.52. The van der Waals surface area contributed by atoms with Crippen molar-refractivity contribution in [2.75, 3.05) is 50.5 Å². The molecular formula is C36H37F4N5O4. The zero-order chi connectivity index (χ0) is 34.8. The molecule has 2 aliphatic heterocycles. The van der Waals surface area contributed by atoms with Crippen LogP contribution in [0.15, 0.2) is 85.1 Å². The molecule has 1 aromatic heterocycles. The lowest BCUT2D eigenvalue weighted by molar-refractivity contribution is -0.154. The van der Waals surface area contributed by atoms with Crippen LogP contribution in [0.1, 0.15) is 56.5 Å². The van der Waals surface area contributed by atoms with E-state index in [0.717, 1.165) is 39.0 Å². The SMILES string of the molecule is COc1ccc(C(=O)Nc2ccc(C3CCNC3)cc2)c(F)c1.O=C(Nc1ccc(C2CCNC2)cc1)c1ccc(OCC(F)(F)F)nc1. The van der Waals surface area contributed by atoms with E-state index in [-0.39, 0.29) is 17.0 Å². The van der Waals surface area contributed by atoms with Gasteiger partial charge in [0.1, 0.15) is 11.6 Å². The van der Waals surface area contributed by atoms with Crippen LogP contribution in [0.5, 0.6) is 11.6 Å². The van der Waals surface area contributed by atoms with Crippen molar-refractivity contribution in [3.05, 3.63) is 113 Å². The number of ether oxygens (including phenoxy) is 2. The first-order valence-electron chi connectivity index (χ1n) is 15.8. The van der Waals surface area contributed by atoms with Crippen molar-refractivity contribution >= 4 is 23.2 Å². The number of carbonyl (C=O) groups is 2. The van der Waals surface area contributed by atoms with Gasteiger partial charge in [0.15, 0.2) is 6.61 Å². The van der Waals surface area contributed by atoms with Crippen LogP contribution in [-0.2, 0) is 0 Å². The maximum absolute atomic E-state index is 13.9. The largest absolute Gasteiger partial charge is 0.497 e. The van der Waals surface area contributed by atoms with Gasteiger partial charge in [0.05, 0.1) is 18.2 Å². The molecule has 2 atom stereocenters. The third-order valence-corrected chi connectivity index (χ3v) is 8.20. The van der Waals surface area contributed by atoms with E-state index in [1.54, 1.807) is 6.07 Å². The van der Waals surface area contributed by atoms with E-state index in [2.05, 4.69) is 31.0 Å². The molecule has 49 heavy (non-hydrogen) atoms. The van der Waals surface area contributed by atoms with Crippen molar-refractivity contribution in [3.8, 4) is 11.6 Å². The van der Waals surface area contributed by atoms with Crippen molar-refractivity contribution in [1.29, 1.82) is 0 Å². The Morgan fingerprint density at radius 1 is 0.816 bits per heavy atom. The number of aromatic nitrogens is 1. The molecule has 0 bridgehead atoms. The molecule has 0 spiro atoms. The Balaban J connectivity index is 0.000000192. The zero-order valence-corrected chi connectivity index (χ0v) is 26.8. The Labute approximate surface area is 281 Å². The average molecular weight is 680 g/mol. The van der Waals surface area contributed by atoms with Gasteiger partial charge in [0.2, 0.25) is 5.88 Å². The van der Waals surface area contributed by atoms with E-state index in [0.29, 0.717) is 29.0 Å². The summed E-state index contributed by atoms with van der Waals surface area (Å²) in [4.78, 5) is 28.1. The molecule has 2 aliphatic rings. The molecule has 3 heterocycles. The molecule has 13 heteroatoms.